The number of rotatable bonds is 5. The van der Waals surface area contributed by atoms with Gasteiger partial charge in [0.05, 0.1) is 11.1 Å². The highest BCUT2D eigenvalue weighted by molar-refractivity contribution is 9.10. The van der Waals surface area contributed by atoms with Crippen LogP contribution in [0.25, 0.3) is 11.4 Å². The Morgan fingerprint density at radius 2 is 1.55 bits per heavy atom. The van der Waals surface area contributed by atoms with Gasteiger partial charge < -0.3 is 9.84 Å². The quantitative estimate of drug-likeness (QED) is 0.423. The van der Waals surface area contributed by atoms with Gasteiger partial charge in [-0.3, -0.25) is 4.79 Å². The fourth-order valence-electron chi connectivity index (χ4n) is 2.54. The van der Waals surface area contributed by atoms with Crippen molar-refractivity contribution in [2.75, 3.05) is 5.32 Å². The maximum Gasteiger partial charge on any atom is 0.416 e. The van der Waals surface area contributed by atoms with Gasteiger partial charge in [-0.2, -0.15) is 31.3 Å². The maximum atomic E-state index is 12.9. The largest absolute Gasteiger partial charge is 0.416 e. The first-order chi connectivity index (χ1) is 14.4. The van der Waals surface area contributed by atoms with Crippen molar-refractivity contribution in [1.29, 1.82) is 0 Å². The lowest BCUT2D eigenvalue weighted by Crippen LogP contribution is -2.16. The van der Waals surface area contributed by atoms with Gasteiger partial charge in [0.25, 0.3) is 0 Å². The molecule has 0 bridgehead atoms. The fourth-order valence-corrected chi connectivity index (χ4v) is 2.81. The number of halogens is 7. The van der Waals surface area contributed by atoms with Crippen LogP contribution in [0.1, 0.15) is 23.4 Å². The van der Waals surface area contributed by atoms with Crippen LogP contribution >= 0.6 is 15.9 Å². The summed E-state index contributed by atoms with van der Waals surface area (Å²) in [4.78, 5) is 16.2. The van der Waals surface area contributed by atoms with Crippen LogP contribution < -0.4 is 5.32 Å². The molecule has 2 aromatic carbocycles. The number of nitrogens with zero attached hydrogens (tertiary/aromatic N) is 2. The molecule has 0 spiro atoms. The Hall–Kier alpha value is -2.89. The average molecular weight is 508 g/mol. The van der Waals surface area contributed by atoms with E-state index in [4.69, 9.17) is 4.52 Å². The molecule has 0 aliphatic heterocycles. The second-order valence-corrected chi connectivity index (χ2v) is 7.28. The van der Waals surface area contributed by atoms with E-state index in [-0.39, 0.29) is 30.6 Å². The van der Waals surface area contributed by atoms with E-state index in [2.05, 4.69) is 26.1 Å². The predicted molar refractivity (Wildman–Crippen MR) is 101 cm³/mol. The fraction of sp³-hybridized carbons (Fsp3) is 0.211. The molecule has 1 N–H and O–H groups in total. The minimum Gasteiger partial charge on any atom is -0.339 e. The molecule has 0 radical (unpaired) electrons. The molecule has 1 aromatic heterocycles. The molecule has 5 nitrogen and oxygen atoms in total. The van der Waals surface area contributed by atoms with Crippen molar-refractivity contribution in [2.45, 2.75) is 25.2 Å². The first-order valence-corrected chi connectivity index (χ1v) is 9.39. The summed E-state index contributed by atoms with van der Waals surface area (Å²) in [6, 6.07) is 7.86. The monoisotopic (exact) mass is 507 g/mol. The number of amides is 1. The molecule has 0 unspecified atom stereocenters. The number of carbonyl (C=O) groups is 1. The van der Waals surface area contributed by atoms with Gasteiger partial charge in [-0.25, -0.2) is 0 Å². The number of hydrogen-bond donors (Lipinski definition) is 1. The molecular formula is C19H12BrF6N3O2. The van der Waals surface area contributed by atoms with Crippen LogP contribution in [0.5, 0.6) is 0 Å². The van der Waals surface area contributed by atoms with Crippen molar-refractivity contribution in [1.82, 2.24) is 10.1 Å². The molecule has 0 saturated heterocycles. The number of hydrogen-bond acceptors (Lipinski definition) is 4. The molecule has 0 fully saturated rings. The van der Waals surface area contributed by atoms with Gasteiger partial charge in [-0.15, -0.1) is 0 Å². The average Bonchev–Trinajstić information content (AvgIpc) is 3.14. The molecule has 3 rings (SSSR count). The van der Waals surface area contributed by atoms with E-state index in [0.29, 0.717) is 17.7 Å². The van der Waals surface area contributed by atoms with Crippen LogP contribution in [0.4, 0.5) is 32.0 Å². The SMILES string of the molecule is O=C(CCc1nc(-c2ccc(Br)cc2)no1)Nc1cc(C(F)(F)F)cc(C(F)(F)F)c1. The van der Waals surface area contributed by atoms with E-state index in [1.54, 1.807) is 24.3 Å². The summed E-state index contributed by atoms with van der Waals surface area (Å²) < 4.78 is 83.3. The lowest BCUT2D eigenvalue weighted by Gasteiger charge is -2.14. The molecule has 0 aliphatic carbocycles. The Bertz CT molecular complexity index is 1050. The van der Waals surface area contributed by atoms with Crippen molar-refractivity contribution in [3.05, 3.63) is 64.0 Å². The lowest BCUT2D eigenvalue weighted by atomic mass is 10.1. The summed E-state index contributed by atoms with van der Waals surface area (Å²) in [6.07, 6.45) is -10.4. The number of anilines is 1. The zero-order valence-electron chi connectivity index (χ0n) is 15.3. The summed E-state index contributed by atoms with van der Waals surface area (Å²) in [5.74, 6) is -0.445. The van der Waals surface area contributed by atoms with Gasteiger partial charge in [0.2, 0.25) is 17.6 Å². The van der Waals surface area contributed by atoms with Gasteiger partial charge in [-0.1, -0.05) is 21.1 Å². The first-order valence-electron chi connectivity index (χ1n) is 8.60. The van der Waals surface area contributed by atoms with E-state index in [1.807, 2.05) is 5.32 Å². The molecule has 0 aliphatic rings. The summed E-state index contributed by atoms with van der Waals surface area (Å²) in [5.41, 5.74) is -3.00. The molecule has 3 aromatic rings. The number of alkyl halides is 6. The topological polar surface area (TPSA) is 68.0 Å². The smallest absolute Gasteiger partial charge is 0.339 e. The van der Waals surface area contributed by atoms with Crippen molar-refractivity contribution in [3.63, 3.8) is 0 Å². The zero-order chi connectivity index (χ0) is 22.8. The highest BCUT2D eigenvalue weighted by atomic mass is 79.9. The molecule has 1 amide bonds. The van der Waals surface area contributed by atoms with E-state index < -0.39 is 35.1 Å². The number of aromatic nitrogens is 2. The Labute approximate surface area is 179 Å². The number of benzene rings is 2. The molecule has 31 heavy (non-hydrogen) atoms. The number of nitrogens with one attached hydrogen (secondary N) is 1. The third-order valence-electron chi connectivity index (χ3n) is 4.01. The van der Waals surface area contributed by atoms with E-state index in [9.17, 15) is 31.1 Å². The third-order valence-corrected chi connectivity index (χ3v) is 4.54. The molecule has 12 heteroatoms. The summed E-state index contributed by atoms with van der Waals surface area (Å²) in [5, 5.41) is 5.82. The molecule has 0 atom stereocenters. The Kier molecular flexibility index (Phi) is 6.39. The van der Waals surface area contributed by atoms with Crippen LogP contribution in [-0.2, 0) is 23.6 Å². The highest BCUT2D eigenvalue weighted by Gasteiger charge is 2.37. The van der Waals surface area contributed by atoms with E-state index in [1.165, 1.54) is 0 Å². The van der Waals surface area contributed by atoms with Crippen molar-refractivity contribution in [2.24, 2.45) is 0 Å². The standard InChI is InChI=1S/C19H12BrF6N3O2/c20-13-3-1-10(2-4-13)17-28-16(31-29-17)6-5-15(30)27-14-8-11(18(21,22)23)7-12(9-14)19(24,25)26/h1-4,7-9H,5-6H2,(H,27,30). The Morgan fingerprint density at radius 1 is 0.968 bits per heavy atom. The maximum absolute atomic E-state index is 12.9. The van der Waals surface area contributed by atoms with Gasteiger partial charge in [0.1, 0.15) is 0 Å². The van der Waals surface area contributed by atoms with Crippen LogP contribution in [0.2, 0.25) is 0 Å². The van der Waals surface area contributed by atoms with E-state index in [0.717, 1.165) is 4.47 Å². The predicted octanol–water partition coefficient (Wildman–Crippen LogP) is 6.11. The molecule has 1 heterocycles. The zero-order valence-corrected chi connectivity index (χ0v) is 16.9. The van der Waals surface area contributed by atoms with Crippen LogP contribution in [0.3, 0.4) is 0 Å². The summed E-state index contributed by atoms with van der Waals surface area (Å²) in [6.45, 7) is 0. The normalized spacial score (nSPS) is 12.1. The second kappa shape index (κ2) is 8.69. The minimum absolute atomic E-state index is 0.0161. The van der Waals surface area contributed by atoms with Gasteiger partial charge in [-0.05, 0) is 42.5 Å². The highest BCUT2D eigenvalue weighted by Crippen LogP contribution is 2.37. The van der Waals surface area contributed by atoms with Gasteiger partial charge in [0.15, 0.2) is 0 Å². The molecular weight excluding hydrogens is 496 g/mol. The van der Waals surface area contributed by atoms with Crippen molar-refractivity contribution >= 4 is 27.5 Å². The van der Waals surface area contributed by atoms with Crippen molar-refractivity contribution in [3.8, 4) is 11.4 Å². The first kappa shape index (κ1) is 22.8. The summed E-state index contributed by atoms with van der Waals surface area (Å²) in [7, 11) is 0. The Morgan fingerprint density at radius 3 is 2.10 bits per heavy atom. The molecule has 0 saturated carbocycles. The van der Waals surface area contributed by atoms with Gasteiger partial charge >= 0.3 is 12.4 Å². The van der Waals surface area contributed by atoms with E-state index >= 15 is 0 Å². The number of aryl methyl sites for hydroxylation is 1. The third kappa shape index (κ3) is 6.06. The van der Waals surface area contributed by atoms with Crippen LogP contribution in [0.15, 0.2) is 51.5 Å². The summed E-state index contributed by atoms with van der Waals surface area (Å²) >= 11 is 3.29. The van der Waals surface area contributed by atoms with Gasteiger partial charge in [0, 0.05) is 28.6 Å². The van der Waals surface area contributed by atoms with Crippen LogP contribution in [-0.4, -0.2) is 16.0 Å². The number of carbonyl (C=O) groups excluding carboxylic acids is 1. The molecule has 164 valence electrons. The minimum atomic E-state index is -5.01. The Balaban J connectivity index is 1.68. The lowest BCUT2D eigenvalue weighted by molar-refractivity contribution is -0.143. The second-order valence-electron chi connectivity index (χ2n) is 6.36. The van der Waals surface area contributed by atoms with Crippen molar-refractivity contribution < 1.29 is 35.7 Å². The van der Waals surface area contributed by atoms with Crippen LogP contribution in [0, 0.1) is 0 Å².